The van der Waals surface area contributed by atoms with Crippen molar-refractivity contribution < 1.29 is 18.7 Å². The number of rotatable bonds is 10. The zero-order valence-corrected chi connectivity index (χ0v) is 18.8. The van der Waals surface area contributed by atoms with E-state index in [0.29, 0.717) is 24.8 Å². The van der Waals surface area contributed by atoms with Gasteiger partial charge < -0.3 is 19.8 Å². The molecule has 0 fully saturated rings. The third kappa shape index (κ3) is 6.48. The van der Waals surface area contributed by atoms with Gasteiger partial charge in [-0.1, -0.05) is 50.2 Å². The summed E-state index contributed by atoms with van der Waals surface area (Å²) in [5, 5.41) is 5.85. The Morgan fingerprint density at radius 2 is 1.72 bits per heavy atom. The van der Waals surface area contributed by atoms with E-state index in [2.05, 4.69) is 24.5 Å². The molecule has 1 heterocycles. The van der Waals surface area contributed by atoms with Crippen molar-refractivity contribution in [1.82, 2.24) is 10.6 Å². The van der Waals surface area contributed by atoms with Gasteiger partial charge in [-0.15, -0.1) is 0 Å². The standard InChI is InChI=1S/C26H30N2O4/c1-18(2)14-15-27-26(30)24-13-12-23(32-24)22-7-5-4-6-20(22)17-28-25(29)16-19-8-10-21(31-3)11-9-19/h4-13,18H,14-17H2,1-3H3,(H,27,30)(H,28,29). The second-order valence-electron chi connectivity index (χ2n) is 8.06. The van der Waals surface area contributed by atoms with Crippen LogP contribution in [0.4, 0.5) is 0 Å². The maximum absolute atomic E-state index is 12.4. The Morgan fingerprint density at radius 3 is 2.44 bits per heavy atom. The average Bonchev–Trinajstić information content (AvgIpc) is 3.28. The molecule has 168 valence electrons. The first kappa shape index (κ1) is 23.1. The minimum atomic E-state index is -0.220. The van der Waals surface area contributed by atoms with Gasteiger partial charge in [0.1, 0.15) is 11.5 Å². The van der Waals surface area contributed by atoms with Crippen molar-refractivity contribution in [3.63, 3.8) is 0 Å². The minimum absolute atomic E-state index is 0.0744. The van der Waals surface area contributed by atoms with Crippen LogP contribution in [0, 0.1) is 5.92 Å². The molecular weight excluding hydrogens is 404 g/mol. The first-order chi connectivity index (χ1) is 15.5. The summed E-state index contributed by atoms with van der Waals surface area (Å²) in [5.41, 5.74) is 2.67. The first-order valence-corrected chi connectivity index (χ1v) is 10.8. The van der Waals surface area contributed by atoms with Gasteiger partial charge in [0.2, 0.25) is 5.91 Å². The highest BCUT2D eigenvalue weighted by molar-refractivity contribution is 5.92. The van der Waals surface area contributed by atoms with E-state index in [0.717, 1.165) is 28.9 Å². The van der Waals surface area contributed by atoms with Gasteiger partial charge >= 0.3 is 0 Å². The summed E-state index contributed by atoms with van der Waals surface area (Å²) in [6.45, 7) is 5.21. The Hall–Kier alpha value is -3.54. The van der Waals surface area contributed by atoms with Crippen LogP contribution >= 0.6 is 0 Å². The van der Waals surface area contributed by atoms with Crippen LogP contribution in [0.3, 0.4) is 0 Å². The van der Waals surface area contributed by atoms with Crippen LogP contribution in [0.15, 0.2) is 65.1 Å². The number of methoxy groups -OCH3 is 1. The fourth-order valence-electron chi connectivity index (χ4n) is 3.27. The molecule has 2 aromatic carbocycles. The third-order valence-electron chi connectivity index (χ3n) is 5.12. The molecule has 0 radical (unpaired) electrons. The molecule has 0 saturated heterocycles. The zero-order valence-electron chi connectivity index (χ0n) is 18.8. The molecule has 6 nitrogen and oxygen atoms in total. The molecule has 32 heavy (non-hydrogen) atoms. The van der Waals surface area contributed by atoms with Gasteiger partial charge in [0.05, 0.1) is 13.5 Å². The van der Waals surface area contributed by atoms with Crippen molar-refractivity contribution in [2.45, 2.75) is 33.2 Å². The lowest BCUT2D eigenvalue weighted by Gasteiger charge is -2.10. The van der Waals surface area contributed by atoms with Gasteiger partial charge in [0.15, 0.2) is 5.76 Å². The highest BCUT2D eigenvalue weighted by Crippen LogP contribution is 2.26. The topological polar surface area (TPSA) is 80.6 Å². The summed E-state index contributed by atoms with van der Waals surface area (Å²) < 4.78 is 11.0. The Bertz CT molecular complexity index is 1040. The van der Waals surface area contributed by atoms with Crippen LogP contribution in [-0.4, -0.2) is 25.5 Å². The quantitative estimate of drug-likeness (QED) is 0.489. The second kappa shape index (κ2) is 11.2. The lowest BCUT2D eigenvalue weighted by Crippen LogP contribution is -2.25. The van der Waals surface area contributed by atoms with Gasteiger partial charge in [-0.3, -0.25) is 9.59 Å². The van der Waals surface area contributed by atoms with Gasteiger partial charge in [0.25, 0.3) is 5.91 Å². The molecule has 0 aliphatic heterocycles. The van der Waals surface area contributed by atoms with Crippen LogP contribution in [0.2, 0.25) is 0 Å². The zero-order chi connectivity index (χ0) is 22.9. The highest BCUT2D eigenvalue weighted by atomic mass is 16.5. The molecule has 0 aliphatic carbocycles. The fourth-order valence-corrected chi connectivity index (χ4v) is 3.27. The maximum Gasteiger partial charge on any atom is 0.287 e. The molecule has 0 spiro atoms. The first-order valence-electron chi connectivity index (χ1n) is 10.8. The van der Waals surface area contributed by atoms with Crippen molar-refractivity contribution in [2.75, 3.05) is 13.7 Å². The van der Waals surface area contributed by atoms with Crippen LogP contribution in [0.1, 0.15) is 41.9 Å². The number of nitrogens with one attached hydrogen (secondary N) is 2. The van der Waals surface area contributed by atoms with E-state index in [1.165, 1.54) is 0 Å². The number of carbonyl (C=O) groups is 2. The van der Waals surface area contributed by atoms with E-state index >= 15 is 0 Å². The van der Waals surface area contributed by atoms with Crippen LogP contribution in [-0.2, 0) is 17.8 Å². The highest BCUT2D eigenvalue weighted by Gasteiger charge is 2.14. The molecule has 0 bridgehead atoms. The Morgan fingerprint density at radius 1 is 0.969 bits per heavy atom. The summed E-state index contributed by atoms with van der Waals surface area (Å²) in [7, 11) is 1.61. The molecule has 1 aromatic heterocycles. The van der Waals surface area contributed by atoms with E-state index in [9.17, 15) is 9.59 Å². The molecule has 0 atom stereocenters. The predicted octanol–water partition coefficient (Wildman–Crippen LogP) is 4.59. The fraction of sp³-hybridized carbons (Fsp3) is 0.308. The van der Waals surface area contributed by atoms with Gasteiger partial charge in [-0.2, -0.15) is 0 Å². The van der Waals surface area contributed by atoms with E-state index in [-0.39, 0.29) is 24.0 Å². The summed E-state index contributed by atoms with van der Waals surface area (Å²) in [5.74, 6) is 1.86. The minimum Gasteiger partial charge on any atom is -0.497 e. The monoisotopic (exact) mass is 434 g/mol. The van der Waals surface area contributed by atoms with Crippen LogP contribution in [0.25, 0.3) is 11.3 Å². The summed E-state index contributed by atoms with van der Waals surface area (Å²) in [6, 6.07) is 18.6. The maximum atomic E-state index is 12.4. The van der Waals surface area contributed by atoms with E-state index < -0.39 is 0 Å². The predicted molar refractivity (Wildman–Crippen MR) is 124 cm³/mol. The molecule has 3 rings (SSSR count). The van der Waals surface area contributed by atoms with Gasteiger partial charge in [-0.05, 0) is 47.7 Å². The number of hydrogen-bond acceptors (Lipinski definition) is 4. The summed E-state index contributed by atoms with van der Waals surface area (Å²) in [4.78, 5) is 24.7. The summed E-state index contributed by atoms with van der Waals surface area (Å²) in [6.07, 6.45) is 1.20. The number of carbonyl (C=O) groups excluding carboxylic acids is 2. The number of ether oxygens (including phenoxy) is 1. The van der Waals surface area contributed by atoms with Crippen molar-refractivity contribution in [3.8, 4) is 17.1 Å². The Kier molecular flexibility index (Phi) is 8.08. The SMILES string of the molecule is COc1ccc(CC(=O)NCc2ccccc2-c2ccc(C(=O)NCCC(C)C)o2)cc1. The largest absolute Gasteiger partial charge is 0.497 e. The average molecular weight is 435 g/mol. The Balaban J connectivity index is 1.61. The van der Waals surface area contributed by atoms with Crippen LogP contribution < -0.4 is 15.4 Å². The molecule has 3 aromatic rings. The molecule has 0 unspecified atom stereocenters. The second-order valence-corrected chi connectivity index (χ2v) is 8.06. The van der Waals surface area contributed by atoms with Gasteiger partial charge in [-0.25, -0.2) is 0 Å². The smallest absolute Gasteiger partial charge is 0.287 e. The molecule has 2 amide bonds. The molecule has 6 heteroatoms. The lowest BCUT2D eigenvalue weighted by molar-refractivity contribution is -0.120. The summed E-state index contributed by atoms with van der Waals surface area (Å²) >= 11 is 0. The molecule has 2 N–H and O–H groups in total. The number of amides is 2. The normalized spacial score (nSPS) is 10.8. The molecule has 0 aliphatic rings. The van der Waals surface area contributed by atoms with Crippen LogP contribution in [0.5, 0.6) is 5.75 Å². The third-order valence-corrected chi connectivity index (χ3v) is 5.12. The van der Waals surface area contributed by atoms with E-state index in [1.807, 2.05) is 48.5 Å². The number of benzene rings is 2. The van der Waals surface area contributed by atoms with Gasteiger partial charge in [0, 0.05) is 18.7 Å². The van der Waals surface area contributed by atoms with Crippen molar-refractivity contribution in [2.24, 2.45) is 5.92 Å². The van der Waals surface area contributed by atoms with Crippen molar-refractivity contribution in [1.29, 1.82) is 0 Å². The molecule has 0 saturated carbocycles. The van der Waals surface area contributed by atoms with E-state index in [4.69, 9.17) is 9.15 Å². The lowest BCUT2D eigenvalue weighted by atomic mass is 10.1. The number of furan rings is 1. The number of hydrogen-bond donors (Lipinski definition) is 2. The van der Waals surface area contributed by atoms with Crippen molar-refractivity contribution >= 4 is 11.8 Å². The van der Waals surface area contributed by atoms with Crippen molar-refractivity contribution in [3.05, 3.63) is 77.6 Å². The molecular formula is C26H30N2O4. The Labute approximate surface area is 189 Å². The van der Waals surface area contributed by atoms with E-state index in [1.54, 1.807) is 19.2 Å².